The first-order chi connectivity index (χ1) is 8.97. The first kappa shape index (κ1) is 13.1. The Labute approximate surface area is 110 Å². The van der Waals surface area contributed by atoms with Crippen molar-refractivity contribution in [2.45, 2.75) is 13.3 Å². The second-order valence-electron chi connectivity index (χ2n) is 4.48. The highest BCUT2D eigenvalue weighted by Crippen LogP contribution is 2.27. The topological polar surface area (TPSA) is 86.7 Å². The minimum Gasteiger partial charge on any atom is -0.481 e. The van der Waals surface area contributed by atoms with Crippen molar-refractivity contribution in [1.82, 2.24) is 0 Å². The van der Waals surface area contributed by atoms with Gasteiger partial charge in [-0.3, -0.25) is 14.4 Å². The Kier molecular flexibility index (Phi) is 3.50. The number of anilines is 2. The van der Waals surface area contributed by atoms with E-state index in [1.54, 1.807) is 24.3 Å². The predicted octanol–water partition coefficient (Wildman–Crippen LogP) is 1.08. The van der Waals surface area contributed by atoms with E-state index in [0.29, 0.717) is 11.4 Å². The molecule has 2 rings (SSSR count). The third kappa shape index (κ3) is 2.90. The molecule has 1 atom stereocenters. The van der Waals surface area contributed by atoms with Crippen LogP contribution in [0.4, 0.5) is 11.4 Å². The second kappa shape index (κ2) is 5.09. The van der Waals surface area contributed by atoms with Gasteiger partial charge in [0.15, 0.2) is 0 Å². The SMILES string of the molecule is CC(=O)Nc1cccc(N2C[C@@H](C(=O)O)CC2=O)c1. The summed E-state index contributed by atoms with van der Waals surface area (Å²) in [5.41, 5.74) is 1.18. The second-order valence-corrected chi connectivity index (χ2v) is 4.48. The Balaban J connectivity index is 2.20. The first-order valence-electron chi connectivity index (χ1n) is 5.88. The molecule has 1 aromatic carbocycles. The third-order valence-electron chi connectivity index (χ3n) is 2.95. The van der Waals surface area contributed by atoms with E-state index in [9.17, 15) is 14.4 Å². The summed E-state index contributed by atoms with van der Waals surface area (Å²) in [6.07, 6.45) is 0.0136. The fourth-order valence-electron chi connectivity index (χ4n) is 2.08. The Morgan fingerprint density at radius 1 is 1.42 bits per heavy atom. The number of nitrogens with one attached hydrogen (secondary N) is 1. The quantitative estimate of drug-likeness (QED) is 0.853. The molecule has 0 saturated carbocycles. The number of carboxylic acids is 1. The van der Waals surface area contributed by atoms with Gasteiger partial charge in [0.2, 0.25) is 11.8 Å². The van der Waals surface area contributed by atoms with Crippen LogP contribution in [0.25, 0.3) is 0 Å². The maximum absolute atomic E-state index is 11.8. The van der Waals surface area contributed by atoms with Crippen molar-refractivity contribution in [2.24, 2.45) is 5.92 Å². The maximum Gasteiger partial charge on any atom is 0.308 e. The molecule has 6 nitrogen and oxygen atoms in total. The number of benzene rings is 1. The summed E-state index contributed by atoms with van der Waals surface area (Å²) in [6, 6.07) is 6.79. The van der Waals surface area contributed by atoms with Gasteiger partial charge in [0.05, 0.1) is 5.92 Å². The average Bonchev–Trinajstić information content (AvgIpc) is 2.71. The predicted molar refractivity (Wildman–Crippen MR) is 68.8 cm³/mol. The molecule has 1 aliphatic heterocycles. The number of carboxylic acid groups (broad SMARTS) is 1. The fraction of sp³-hybridized carbons (Fsp3) is 0.308. The summed E-state index contributed by atoms with van der Waals surface area (Å²) in [6.45, 7) is 1.56. The van der Waals surface area contributed by atoms with Crippen LogP contribution >= 0.6 is 0 Å². The molecule has 2 N–H and O–H groups in total. The lowest BCUT2D eigenvalue weighted by molar-refractivity contribution is -0.141. The summed E-state index contributed by atoms with van der Waals surface area (Å²) in [5, 5.41) is 11.6. The van der Waals surface area contributed by atoms with E-state index in [4.69, 9.17) is 5.11 Å². The summed E-state index contributed by atoms with van der Waals surface area (Å²) >= 11 is 0. The number of rotatable bonds is 3. The van der Waals surface area contributed by atoms with E-state index >= 15 is 0 Å². The molecule has 0 radical (unpaired) electrons. The fourth-order valence-corrected chi connectivity index (χ4v) is 2.08. The zero-order valence-corrected chi connectivity index (χ0v) is 10.4. The van der Waals surface area contributed by atoms with Crippen LogP contribution < -0.4 is 10.2 Å². The molecule has 0 spiro atoms. The lowest BCUT2D eigenvalue weighted by Crippen LogP contribution is -2.25. The van der Waals surface area contributed by atoms with Gasteiger partial charge in [-0.25, -0.2) is 0 Å². The van der Waals surface area contributed by atoms with Gasteiger partial charge in [-0.1, -0.05) is 6.07 Å². The molecule has 2 amide bonds. The van der Waals surface area contributed by atoms with Gasteiger partial charge in [0.1, 0.15) is 0 Å². The van der Waals surface area contributed by atoms with E-state index in [1.807, 2.05) is 0 Å². The highest BCUT2D eigenvalue weighted by molar-refractivity contribution is 6.00. The molecule has 0 bridgehead atoms. The lowest BCUT2D eigenvalue weighted by Gasteiger charge is -2.17. The van der Waals surface area contributed by atoms with Crippen LogP contribution in [-0.2, 0) is 14.4 Å². The number of nitrogens with zero attached hydrogens (tertiary/aromatic N) is 1. The Hall–Kier alpha value is -2.37. The van der Waals surface area contributed by atoms with Crippen LogP contribution in [0.3, 0.4) is 0 Å². The van der Waals surface area contributed by atoms with Crippen LogP contribution in [0, 0.1) is 5.92 Å². The summed E-state index contributed by atoms with van der Waals surface area (Å²) in [4.78, 5) is 35.1. The zero-order chi connectivity index (χ0) is 14.0. The summed E-state index contributed by atoms with van der Waals surface area (Å²) in [7, 11) is 0. The number of carbonyl (C=O) groups excluding carboxylic acids is 2. The first-order valence-corrected chi connectivity index (χ1v) is 5.88. The normalized spacial score (nSPS) is 18.5. The molecule has 1 saturated heterocycles. The third-order valence-corrected chi connectivity index (χ3v) is 2.95. The van der Waals surface area contributed by atoms with Crippen LogP contribution in [0.15, 0.2) is 24.3 Å². The van der Waals surface area contributed by atoms with Crippen molar-refractivity contribution < 1.29 is 19.5 Å². The smallest absolute Gasteiger partial charge is 0.308 e. The number of hydrogen-bond donors (Lipinski definition) is 2. The largest absolute Gasteiger partial charge is 0.481 e. The standard InChI is InChI=1S/C13H14N2O4/c1-8(16)14-10-3-2-4-11(6-10)15-7-9(13(18)19)5-12(15)17/h2-4,6,9H,5,7H2,1H3,(H,14,16)(H,18,19)/t9-/m0/s1. The van der Waals surface area contributed by atoms with Crippen molar-refractivity contribution in [3.63, 3.8) is 0 Å². The molecule has 1 heterocycles. The summed E-state index contributed by atoms with van der Waals surface area (Å²) < 4.78 is 0. The van der Waals surface area contributed by atoms with Crippen molar-refractivity contribution in [3.8, 4) is 0 Å². The number of amides is 2. The van der Waals surface area contributed by atoms with Crippen LogP contribution in [0.5, 0.6) is 0 Å². The van der Waals surface area contributed by atoms with Crippen LogP contribution in [0.2, 0.25) is 0 Å². The molecule has 0 aromatic heterocycles. The minimum absolute atomic E-state index is 0.0136. The van der Waals surface area contributed by atoms with Crippen molar-refractivity contribution in [3.05, 3.63) is 24.3 Å². The van der Waals surface area contributed by atoms with Gasteiger partial charge in [0, 0.05) is 31.3 Å². The van der Waals surface area contributed by atoms with Crippen molar-refractivity contribution in [1.29, 1.82) is 0 Å². The van der Waals surface area contributed by atoms with Gasteiger partial charge in [-0.2, -0.15) is 0 Å². The average molecular weight is 262 g/mol. The number of carbonyl (C=O) groups is 3. The lowest BCUT2D eigenvalue weighted by atomic mass is 10.1. The molecule has 0 aliphatic carbocycles. The van der Waals surface area contributed by atoms with E-state index in [1.165, 1.54) is 11.8 Å². The maximum atomic E-state index is 11.8. The Morgan fingerprint density at radius 3 is 2.74 bits per heavy atom. The molecular weight excluding hydrogens is 248 g/mol. The van der Waals surface area contributed by atoms with E-state index in [0.717, 1.165) is 0 Å². The molecule has 1 fully saturated rings. The number of hydrogen-bond acceptors (Lipinski definition) is 3. The molecule has 6 heteroatoms. The van der Waals surface area contributed by atoms with E-state index in [2.05, 4.69) is 5.32 Å². The molecule has 1 aliphatic rings. The zero-order valence-electron chi connectivity index (χ0n) is 10.4. The molecule has 100 valence electrons. The molecule has 0 unspecified atom stereocenters. The van der Waals surface area contributed by atoms with Crippen molar-refractivity contribution >= 4 is 29.2 Å². The summed E-state index contributed by atoms with van der Waals surface area (Å²) in [5.74, 6) is -2.05. The van der Waals surface area contributed by atoms with Gasteiger partial charge in [-0.15, -0.1) is 0 Å². The molecular formula is C13H14N2O4. The van der Waals surface area contributed by atoms with Gasteiger partial charge in [0.25, 0.3) is 0 Å². The van der Waals surface area contributed by atoms with E-state index in [-0.39, 0.29) is 24.8 Å². The highest BCUT2D eigenvalue weighted by atomic mass is 16.4. The van der Waals surface area contributed by atoms with Crippen LogP contribution in [0.1, 0.15) is 13.3 Å². The Morgan fingerprint density at radius 2 is 2.16 bits per heavy atom. The van der Waals surface area contributed by atoms with Gasteiger partial charge in [-0.05, 0) is 18.2 Å². The monoisotopic (exact) mass is 262 g/mol. The number of aliphatic carboxylic acids is 1. The van der Waals surface area contributed by atoms with Crippen molar-refractivity contribution in [2.75, 3.05) is 16.8 Å². The highest BCUT2D eigenvalue weighted by Gasteiger charge is 2.35. The minimum atomic E-state index is -0.964. The van der Waals surface area contributed by atoms with Gasteiger partial charge >= 0.3 is 5.97 Å². The molecule has 19 heavy (non-hydrogen) atoms. The van der Waals surface area contributed by atoms with Gasteiger partial charge < -0.3 is 15.3 Å². The Bertz CT molecular complexity index is 541. The van der Waals surface area contributed by atoms with Crippen LogP contribution in [-0.4, -0.2) is 29.4 Å². The molecule has 1 aromatic rings. The van der Waals surface area contributed by atoms with E-state index < -0.39 is 11.9 Å².